The Morgan fingerprint density at radius 2 is 2.00 bits per heavy atom. The van der Waals surface area contributed by atoms with Crippen molar-refractivity contribution in [3.05, 3.63) is 42.6 Å². The maximum absolute atomic E-state index is 5.39. The molecule has 0 radical (unpaired) electrons. The summed E-state index contributed by atoms with van der Waals surface area (Å²) in [7, 11) is 0. The van der Waals surface area contributed by atoms with Crippen molar-refractivity contribution in [1.82, 2.24) is 9.97 Å². The second kappa shape index (κ2) is 6.86. The highest BCUT2D eigenvalue weighted by molar-refractivity contribution is 8.01. The summed E-state index contributed by atoms with van der Waals surface area (Å²) < 4.78 is 6.63. The molecule has 6 heteroatoms. The lowest BCUT2D eigenvalue weighted by molar-refractivity contribution is 0.0903. The summed E-state index contributed by atoms with van der Waals surface area (Å²) in [5, 5.41) is 4.53. The Morgan fingerprint density at radius 3 is 2.83 bits per heavy atom. The van der Waals surface area contributed by atoms with Crippen molar-refractivity contribution in [2.24, 2.45) is 0 Å². The van der Waals surface area contributed by atoms with Crippen molar-refractivity contribution in [3.8, 4) is 0 Å². The van der Waals surface area contributed by atoms with E-state index in [0.29, 0.717) is 6.04 Å². The third-order valence-electron chi connectivity index (χ3n) is 3.77. The number of aromatic nitrogens is 2. The van der Waals surface area contributed by atoms with Gasteiger partial charge in [-0.15, -0.1) is 11.3 Å². The molecule has 4 nitrogen and oxygen atoms in total. The molecule has 1 N–H and O–H groups in total. The lowest BCUT2D eigenvalue weighted by Crippen LogP contribution is -2.28. The van der Waals surface area contributed by atoms with Gasteiger partial charge >= 0.3 is 0 Å². The smallest absolute Gasteiger partial charge is 0.224 e. The average molecular weight is 343 g/mol. The second-order valence-corrected chi connectivity index (χ2v) is 7.87. The van der Waals surface area contributed by atoms with Crippen LogP contribution >= 0.6 is 23.1 Å². The van der Waals surface area contributed by atoms with Crippen LogP contribution in [-0.2, 0) is 4.74 Å². The predicted molar refractivity (Wildman–Crippen MR) is 95.4 cm³/mol. The van der Waals surface area contributed by atoms with Crippen LogP contribution in [0.25, 0.3) is 10.2 Å². The van der Waals surface area contributed by atoms with Crippen molar-refractivity contribution in [2.45, 2.75) is 28.0 Å². The van der Waals surface area contributed by atoms with Gasteiger partial charge in [0, 0.05) is 35.7 Å². The van der Waals surface area contributed by atoms with Gasteiger partial charge in [-0.25, -0.2) is 9.97 Å². The fourth-order valence-corrected chi connectivity index (χ4v) is 4.70. The van der Waals surface area contributed by atoms with Crippen LogP contribution in [0.1, 0.15) is 12.8 Å². The first kappa shape index (κ1) is 14.9. The molecule has 1 fully saturated rings. The first-order valence-electron chi connectivity index (χ1n) is 7.70. The normalized spacial score (nSPS) is 15.8. The van der Waals surface area contributed by atoms with Gasteiger partial charge in [0.1, 0.15) is 4.83 Å². The summed E-state index contributed by atoms with van der Waals surface area (Å²) in [5.41, 5.74) is 0. The van der Waals surface area contributed by atoms with Gasteiger partial charge in [-0.1, -0.05) is 30.0 Å². The van der Waals surface area contributed by atoms with Gasteiger partial charge in [-0.2, -0.15) is 0 Å². The Bertz CT molecular complexity index is 785. The Labute approximate surface area is 143 Å². The van der Waals surface area contributed by atoms with Gasteiger partial charge in [-0.3, -0.25) is 0 Å². The van der Waals surface area contributed by atoms with E-state index in [0.717, 1.165) is 42.2 Å². The summed E-state index contributed by atoms with van der Waals surface area (Å²) in [6.45, 7) is 1.63. The number of nitrogens with zero attached hydrogens (tertiary/aromatic N) is 2. The van der Waals surface area contributed by atoms with Gasteiger partial charge < -0.3 is 10.1 Å². The number of anilines is 1. The molecule has 0 bridgehead atoms. The molecule has 0 saturated carbocycles. The molecule has 0 spiro atoms. The van der Waals surface area contributed by atoms with Crippen LogP contribution in [0.3, 0.4) is 0 Å². The van der Waals surface area contributed by atoms with Crippen molar-refractivity contribution >= 4 is 39.3 Å². The number of hydrogen-bond donors (Lipinski definition) is 1. The molecule has 0 atom stereocenters. The Kier molecular flexibility index (Phi) is 4.46. The first-order valence-corrected chi connectivity index (χ1v) is 9.34. The minimum Gasteiger partial charge on any atom is -0.381 e. The van der Waals surface area contributed by atoms with Crippen LogP contribution < -0.4 is 5.32 Å². The molecule has 4 rings (SSSR count). The van der Waals surface area contributed by atoms with E-state index in [1.165, 1.54) is 9.10 Å². The fourth-order valence-electron chi connectivity index (χ4n) is 2.56. The van der Waals surface area contributed by atoms with E-state index in [4.69, 9.17) is 4.74 Å². The van der Waals surface area contributed by atoms with E-state index >= 15 is 0 Å². The number of hydrogen-bond acceptors (Lipinski definition) is 6. The molecule has 118 valence electrons. The summed E-state index contributed by atoms with van der Waals surface area (Å²) >= 11 is 3.48. The molecule has 0 aliphatic carbocycles. The SMILES string of the molecule is c1ccc(Sc2cc3cnc(NC4CCOCC4)nc3s2)cc1. The molecule has 1 aliphatic heterocycles. The van der Waals surface area contributed by atoms with Crippen LogP contribution in [0.15, 0.2) is 51.7 Å². The summed E-state index contributed by atoms with van der Waals surface area (Å²) in [6, 6.07) is 13.0. The quantitative estimate of drug-likeness (QED) is 0.759. The molecule has 1 aliphatic rings. The van der Waals surface area contributed by atoms with Gasteiger partial charge in [0.25, 0.3) is 0 Å². The Hall–Kier alpha value is -1.63. The van der Waals surface area contributed by atoms with Crippen LogP contribution in [0, 0.1) is 0 Å². The number of nitrogens with one attached hydrogen (secondary N) is 1. The largest absolute Gasteiger partial charge is 0.381 e. The average Bonchev–Trinajstić information content (AvgIpc) is 2.98. The van der Waals surface area contributed by atoms with Crippen molar-refractivity contribution in [2.75, 3.05) is 18.5 Å². The number of fused-ring (bicyclic) bond motifs is 1. The number of benzene rings is 1. The highest BCUT2D eigenvalue weighted by atomic mass is 32.2. The molecule has 0 amide bonds. The number of rotatable bonds is 4. The van der Waals surface area contributed by atoms with Crippen molar-refractivity contribution in [3.63, 3.8) is 0 Å². The van der Waals surface area contributed by atoms with E-state index in [-0.39, 0.29) is 0 Å². The van der Waals surface area contributed by atoms with Gasteiger partial charge in [0.2, 0.25) is 5.95 Å². The standard InChI is InChI=1S/C17H17N3OS2/c1-2-4-14(5-3-1)22-15-10-12-11-18-17(20-16(12)23-15)19-13-6-8-21-9-7-13/h1-5,10-11,13H,6-9H2,(H,18,19,20). The second-order valence-electron chi connectivity index (χ2n) is 5.47. The van der Waals surface area contributed by atoms with Crippen LogP contribution in [0.5, 0.6) is 0 Å². The lowest BCUT2D eigenvalue weighted by atomic mass is 10.1. The van der Waals surface area contributed by atoms with E-state index in [2.05, 4.69) is 45.6 Å². The van der Waals surface area contributed by atoms with Crippen LogP contribution in [0.2, 0.25) is 0 Å². The topological polar surface area (TPSA) is 47.0 Å². The maximum Gasteiger partial charge on any atom is 0.224 e. The minimum absolute atomic E-state index is 0.416. The minimum atomic E-state index is 0.416. The zero-order chi connectivity index (χ0) is 15.5. The predicted octanol–water partition coefficient (Wildman–Crippen LogP) is 4.43. The molecule has 0 unspecified atom stereocenters. The number of thiophene rings is 1. The molecule has 2 aromatic heterocycles. The molecule has 3 heterocycles. The molecule has 1 aromatic carbocycles. The molecule has 3 aromatic rings. The first-order chi connectivity index (χ1) is 11.4. The van der Waals surface area contributed by atoms with Gasteiger partial charge in [0.15, 0.2) is 0 Å². The van der Waals surface area contributed by atoms with Crippen molar-refractivity contribution < 1.29 is 4.74 Å². The van der Waals surface area contributed by atoms with E-state index in [1.54, 1.807) is 23.1 Å². The fraction of sp³-hybridized carbons (Fsp3) is 0.294. The molecule has 23 heavy (non-hydrogen) atoms. The molecule has 1 saturated heterocycles. The number of ether oxygens (including phenoxy) is 1. The van der Waals surface area contributed by atoms with Crippen LogP contribution in [-0.4, -0.2) is 29.2 Å². The van der Waals surface area contributed by atoms with E-state index in [9.17, 15) is 0 Å². The maximum atomic E-state index is 5.39. The third kappa shape index (κ3) is 3.65. The molecular weight excluding hydrogens is 326 g/mol. The van der Waals surface area contributed by atoms with Crippen LogP contribution in [0.4, 0.5) is 5.95 Å². The summed E-state index contributed by atoms with van der Waals surface area (Å²) in [4.78, 5) is 11.4. The Morgan fingerprint density at radius 1 is 1.17 bits per heavy atom. The van der Waals surface area contributed by atoms with Gasteiger partial charge in [0.05, 0.1) is 4.21 Å². The monoisotopic (exact) mass is 343 g/mol. The van der Waals surface area contributed by atoms with E-state index in [1.807, 2.05) is 12.3 Å². The zero-order valence-electron chi connectivity index (χ0n) is 12.6. The highest BCUT2D eigenvalue weighted by Gasteiger charge is 2.15. The lowest BCUT2D eigenvalue weighted by Gasteiger charge is -2.22. The van der Waals surface area contributed by atoms with E-state index < -0.39 is 0 Å². The highest BCUT2D eigenvalue weighted by Crippen LogP contribution is 2.36. The zero-order valence-corrected chi connectivity index (χ0v) is 14.2. The summed E-state index contributed by atoms with van der Waals surface area (Å²) in [5.74, 6) is 0.725. The Balaban J connectivity index is 1.52. The summed E-state index contributed by atoms with van der Waals surface area (Å²) in [6.07, 6.45) is 3.94. The van der Waals surface area contributed by atoms with Crippen molar-refractivity contribution in [1.29, 1.82) is 0 Å². The molecular formula is C17H17N3OS2. The third-order valence-corrected chi connectivity index (χ3v) is 5.93. The van der Waals surface area contributed by atoms with Gasteiger partial charge in [-0.05, 0) is 31.0 Å².